The Labute approximate surface area is 129 Å². The van der Waals surface area contributed by atoms with E-state index < -0.39 is 0 Å². The number of hydrogen-bond acceptors (Lipinski definition) is 2. The summed E-state index contributed by atoms with van der Waals surface area (Å²) in [5, 5.41) is 3.35. The molecular formula is C17H17ClN2O. The number of benzene rings is 2. The Morgan fingerprint density at radius 3 is 2.48 bits per heavy atom. The van der Waals surface area contributed by atoms with E-state index in [0.717, 1.165) is 16.7 Å². The molecule has 3 nitrogen and oxygen atoms in total. The second-order valence-electron chi connectivity index (χ2n) is 4.93. The minimum atomic E-state index is -0.222. The molecule has 0 aliphatic carbocycles. The van der Waals surface area contributed by atoms with E-state index >= 15 is 0 Å². The first-order valence-electron chi connectivity index (χ1n) is 6.57. The number of halogens is 1. The number of hydrogen-bond donors (Lipinski definition) is 2. The molecule has 0 spiro atoms. The van der Waals surface area contributed by atoms with Crippen LogP contribution in [0.5, 0.6) is 0 Å². The Morgan fingerprint density at radius 1 is 1.19 bits per heavy atom. The van der Waals surface area contributed by atoms with Crippen LogP contribution in [0.2, 0.25) is 5.02 Å². The first-order chi connectivity index (χ1) is 9.95. The second-order valence-corrected chi connectivity index (χ2v) is 5.34. The Morgan fingerprint density at radius 2 is 1.86 bits per heavy atom. The lowest BCUT2D eigenvalue weighted by Crippen LogP contribution is -2.09. The number of anilines is 2. The molecule has 4 heteroatoms. The van der Waals surface area contributed by atoms with Crippen LogP contribution in [0.25, 0.3) is 6.08 Å². The summed E-state index contributed by atoms with van der Waals surface area (Å²) in [6.45, 7) is 3.88. The summed E-state index contributed by atoms with van der Waals surface area (Å²) < 4.78 is 0. The van der Waals surface area contributed by atoms with Crippen molar-refractivity contribution in [1.82, 2.24) is 0 Å². The fourth-order valence-electron chi connectivity index (χ4n) is 2.02. The molecule has 0 aromatic heterocycles. The average molecular weight is 301 g/mol. The van der Waals surface area contributed by atoms with Gasteiger partial charge in [0, 0.05) is 11.8 Å². The number of nitrogens with two attached hydrogens (primary N) is 1. The zero-order valence-electron chi connectivity index (χ0n) is 12.0. The lowest BCUT2D eigenvalue weighted by atomic mass is 10.1. The summed E-state index contributed by atoms with van der Waals surface area (Å²) in [6, 6.07) is 11.1. The molecule has 0 fully saturated rings. The molecule has 1 amide bonds. The first kappa shape index (κ1) is 15.1. The number of nitrogens with one attached hydrogen (secondary N) is 1. The van der Waals surface area contributed by atoms with Gasteiger partial charge in [0.05, 0.1) is 10.7 Å². The predicted octanol–water partition coefficient (Wildman–Crippen LogP) is 4.19. The Balaban J connectivity index is 2.10. The smallest absolute Gasteiger partial charge is 0.248 e. The van der Waals surface area contributed by atoms with E-state index in [1.807, 2.05) is 38.1 Å². The fourth-order valence-corrected chi connectivity index (χ4v) is 2.39. The van der Waals surface area contributed by atoms with Gasteiger partial charge in [-0.1, -0.05) is 29.8 Å². The highest BCUT2D eigenvalue weighted by atomic mass is 35.5. The number of aryl methyl sites for hydroxylation is 2. The summed E-state index contributed by atoms with van der Waals surface area (Å²) in [6.07, 6.45) is 3.20. The summed E-state index contributed by atoms with van der Waals surface area (Å²) in [5.41, 5.74) is 9.86. The highest BCUT2D eigenvalue weighted by Gasteiger charge is 2.07. The van der Waals surface area contributed by atoms with Gasteiger partial charge in [-0.2, -0.15) is 0 Å². The van der Waals surface area contributed by atoms with Crippen molar-refractivity contribution in [3.8, 4) is 0 Å². The van der Waals surface area contributed by atoms with E-state index in [9.17, 15) is 4.79 Å². The van der Waals surface area contributed by atoms with Gasteiger partial charge in [0.25, 0.3) is 0 Å². The normalized spacial score (nSPS) is 10.8. The van der Waals surface area contributed by atoms with Crippen LogP contribution in [0.15, 0.2) is 42.5 Å². The average Bonchev–Trinajstić information content (AvgIpc) is 2.42. The molecule has 0 radical (unpaired) electrons. The summed E-state index contributed by atoms with van der Waals surface area (Å²) in [7, 11) is 0. The maximum atomic E-state index is 12.0. The van der Waals surface area contributed by atoms with Crippen molar-refractivity contribution in [1.29, 1.82) is 0 Å². The molecule has 108 valence electrons. The third-order valence-corrected chi connectivity index (χ3v) is 3.34. The van der Waals surface area contributed by atoms with E-state index in [-0.39, 0.29) is 5.91 Å². The van der Waals surface area contributed by atoms with Crippen LogP contribution in [-0.2, 0) is 4.79 Å². The lowest BCUT2D eigenvalue weighted by Gasteiger charge is -2.10. The second kappa shape index (κ2) is 6.46. The highest BCUT2D eigenvalue weighted by Crippen LogP contribution is 2.27. The van der Waals surface area contributed by atoms with Crippen molar-refractivity contribution in [2.45, 2.75) is 13.8 Å². The lowest BCUT2D eigenvalue weighted by molar-refractivity contribution is -0.111. The molecule has 0 saturated carbocycles. The van der Waals surface area contributed by atoms with E-state index in [1.54, 1.807) is 18.2 Å². The van der Waals surface area contributed by atoms with E-state index in [2.05, 4.69) is 5.32 Å². The summed E-state index contributed by atoms with van der Waals surface area (Å²) in [4.78, 5) is 12.0. The molecule has 21 heavy (non-hydrogen) atoms. The third-order valence-electron chi connectivity index (χ3n) is 3.04. The zero-order valence-corrected chi connectivity index (χ0v) is 12.7. The van der Waals surface area contributed by atoms with Crippen LogP contribution >= 0.6 is 11.6 Å². The number of carbonyl (C=O) groups is 1. The predicted molar refractivity (Wildman–Crippen MR) is 89.4 cm³/mol. The Kier molecular flexibility index (Phi) is 4.66. The van der Waals surface area contributed by atoms with Gasteiger partial charge in [-0.15, -0.1) is 0 Å². The van der Waals surface area contributed by atoms with Gasteiger partial charge in [0.1, 0.15) is 0 Å². The SMILES string of the molecule is Cc1cc(C)c(NC(=O)/C=C/c2ccc(N)cc2)c(Cl)c1. The quantitative estimate of drug-likeness (QED) is 0.659. The van der Waals surface area contributed by atoms with Gasteiger partial charge >= 0.3 is 0 Å². The fraction of sp³-hybridized carbons (Fsp3) is 0.118. The largest absolute Gasteiger partial charge is 0.399 e. The van der Waals surface area contributed by atoms with Gasteiger partial charge in [-0.25, -0.2) is 0 Å². The zero-order chi connectivity index (χ0) is 15.4. The minimum absolute atomic E-state index is 0.222. The first-order valence-corrected chi connectivity index (χ1v) is 6.95. The van der Waals surface area contributed by atoms with Gasteiger partial charge in [0.15, 0.2) is 0 Å². The van der Waals surface area contributed by atoms with Crippen LogP contribution in [-0.4, -0.2) is 5.91 Å². The molecule has 0 bridgehead atoms. The third kappa shape index (κ3) is 4.10. The standard InChI is InChI=1S/C17H17ClN2O/c1-11-9-12(2)17(15(18)10-11)20-16(21)8-5-13-3-6-14(19)7-4-13/h3-10H,19H2,1-2H3,(H,20,21)/b8-5+. The molecule has 2 aromatic rings. The molecule has 0 saturated heterocycles. The monoisotopic (exact) mass is 300 g/mol. The number of amides is 1. The Hall–Kier alpha value is -2.26. The van der Waals surface area contributed by atoms with Gasteiger partial charge in [-0.3, -0.25) is 4.79 Å². The van der Waals surface area contributed by atoms with Gasteiger partial charge < -0.3 is 11.1 Å². The van der Waals surface area contributed by atoms with E-state index in [4.69, 9.17) is 17.3 Å². The van der Waals surface area contributed by atoms with Crippen molar-refractivity contribution in [2.24, 2.45) is 0 Å². The molecule has 2 aromatic carbocycles. The maximum absolute atomic E-state index is 12.0. The van der Waals surface area contributed by atoms with Crippen molar-refractivity contribution < 1.29 is 4.79 Å². The summed E-state index contributed by atoms with van der Waals surface area (Å²) in [5.74, 6) is -0.222. The van der Waals surface area contributed by atoms with Crippen molar-refractivity contribution in [3.63, 3.8) is 0 Å². The number of rotatable bonds is 3. The van der Waals surface area contributed by atoms with E-state index in [0.29, 0.717) is 16.4 Å². The molecule has 0 heterocycles. The molecule has 0 aliphatic heterocycles. The van der Waals surface area contributed by atoms with Crippen molar-refractivity contribution in [2.75, 3.05) is 11.1 Å². The summed E-state index contributed by atoms with van der Waals surface area (Å²) >= 11 is 6.16. The topological polar surface area (TPSA) is 55.1 Å². The van der Waals surface area contributed by atoms with Crippen LogP contribution in [0.3, 0.4) is 0 Å². The van der Waals surface area contributed by atoms with Crippen molar-refractivity contribution in [3.05, 3.63) is 64.2 Å². The van der Waals surface area contributed by atoms with Gasteiger partial charge in [-0.05, 0) is 54.8 Å². The molecule has 3 N–H and O–H groups in total. The highest BCUT2D eigenvalue weighted by molar-refractivity contribution is 6.34. The van der Waals surface area contributed by atoms with Crippen LogP contribution in [0.4, 0.5) is 11.4 Å². The van der Waals surface area contributed by atoms with Gasteiger partial charge in [0.2, 0.25) is 5.91 Å². The molecule has 0 unspecified atom stereocenters. The Bertz CT molecular complexity index is 667. The van der Waals surface area contributed by atoms with Crippen molar-refractivity contribution >= 4 is 35.0 Å². The number of carbonyl (C=O) groups excluding carboxylic acids is 1. The van der Waals surface area contributed by atoms with E-state index in [1.165, 1.54) is 6.08 Å². The molecule has 0 atom stereocenters. The van der Waals surface area contributed by atoms with Crippen LogP contribution < -0.4 is 11.1 Å². The maximum Gasteiger partial charge on any atom is 0.248 e. The number of nitrogen functional groups attached to an aromatic ring is 1. The van der Waals surface area contributed by atoms with Crippen LogP contribution in [0, 0.1) is 13.8 Å². The molecule has 2 rings (SSSR count). The molecule has 0 aliphatic rings. The van der Waals surface area contributed by atoms with Crippen LogP contribution in [0.1, 0.15) is 16.7 Å². The minimum Gasteiger partial charge on any atom is -0.399 e. The molecular weight excluding hydrogens is 284 g/mol.